The van der Waals surface area contributed by atoms with E-state index in [0.29, 0.717) is 6.61 Å². The van der Waals surface area contributed by atoms with E-state index in [4.69, 9.17) is 9.47 Å². The molecule has 4 rings (SSSR count). The Morgan fingerprint density at radius 3 is 1.97 bits per heavy atom. The molecule has 2 aliphatic rings. The third-order valence-electron chi connectivity index (χ3n) is 7.05. The van der Waals surface area contributed by atoms with Gasteiger partial charge in [0.2, 0.25) is 0 Å². The van der Waals surface area contributed by atoms with Crippen LogP contribution in [0.3, 0.4) is 0 Å². The minimum atomic E-state index is -0.485. The van der Waals surface area contributed by atoms with Gasteiger partial charge in [-0.25, -0.2) is 4.79 Å². The number of piperidine rings is 1. The predicted molar refractivity (Wildman–Crippen MR) is 140 cm³/mol. The van der Waals surface area contributed by atoms with Gasteiger partial charge in [-0.1, -0.05) is 66.7 Å². The summed E-state index contributed by atoms with van der Waals surface area (Å²) in [6.07, 6.45) is 5.34. The number of hydrogen-bond donors (Lipinski definition) is 0. The second-order valence-electron chi connectivity index (χ2n) is 11.0. The van der Waals surface area contributed by atoms with Crippen molar-refractivity contribution in [2.45, 2.75) is 82.8 Å². The summed E-state index contributed by atoms with van der Waals surface area (Å²) in [6, 6.07) is 21.5. The van der Waals surface area contributed by atoms with Crippen LogP contribution in [0, 0.1) is 0 Å². The molecule has 5 heteroatoms. The summed E-state index contributed by atoms with van der Waals surface area (Å²) in [6.45, 7) is 13.1. The highest BCUT2D eigenvalue weighted by Gasteiger charge is 2.50. The zero-order valence-electron chi connectivity index (χ0n) is 21.5. The Bertz CT molecular complexity index is 915. The van der Waals surface area contributed by atoms with Gasteiger partial charge in [-0.3, -0.25) is 4.90 Å². The fraction of sp³-hybridized carbons (Fsp3) is 0.500. The second-order valence-corrected chi connectivity index (χ2v) is 11.0. The maximum Gasteiger partial charge on any atom is 0.410 e. The summed E-state index contributed by atoms with van der Waals surface area (Å²) in [5.74, 6) is 0. The van der Waals surface area contributed by atoms with Gasteiger partial charge in [0.15, 0.2) is 0 Å². The fourth-order valence-corrected chi connectivity index (χ4v) is 5.47. The summed E-state index contributed by atoms with van der Waals surface area (Å²) >= 11 is 0. The number of carbonyl (C=O) groups is 1. The van der Waals surface area contributed by atoms with Crippen molar-refractivity contribution in [2.75, 3.05) is 13.2 Å². The predicted octanol–water partition coefficient (Wildman–Crippen LogP) is 6.19. The zero-order chi connectivity index (χ0) is 24.9. The third-order valence-corrected chi connectivity index (χ3v) is 7.05. The molecule has 2 atom stereocenters. The van der Waals surface area contributed by atoms with Gasteiger partial charge in [0, 0.05) is 44.6 Å². The van der Waals surface area contributed by atoms with Crippen molar-refractivity contribution < 1.29 is 14.3 Å². The molecule has 2 heterocycles. The van der Waals surface area contributed by atoms with Crippen molar-refractivity contribution in [2.24, 2.45) is 0 Å². The Morgan fingerprint density at radius 2 is 1.51 bits per heavy atom. The summed E-state index contributed by atoms with van der Waals surface area (Å²) in [7, 11) is 0. The first kappa shape index (κ1) is 25.5. The molecule has 0 spiro atoms. The number of benzene rings is 2. The summed E-state index contributed by atoms with van der Waals surface area (Å²) in [5, 5.41) is 0. The number of carbonyl (C=O) groups excluding carboxylic acids is 1. The zero-order valence-corrected chi connectivity index (χ0v) is 21.5. The number of hydrogen-bond acceptors (Lipinski definition) is 4. The molecule has 5 nitrogen and oxygen atoms in total. The molecular weight excluding hydrogens is 436 g/mol. The van der Waals surface area contributed by atoms with Crippen LogP contribution >= 0.6 is 0 Å². The molecule has 2 fully saturated rings. The second kappa shape index (κ2) is 11.0. The fourth-order valence-electron chi connectivity index (χ4n) is 5.47. The molecule has 2 saturated heterocycles. The van der Waals surface area contributed by atoms with Gasteiger partial charge in [0.1, 0.15) is 5.60 Å². The number of nitrogens with zero attached hydrogens (tertiary/aromatic N) is 2. The van der Waals surface area contributed by atoms with Gasteiger partial charge in [-0.2, -0.15) is 0 Å². The molecule has 2 unspecified atom stereocenters. The average molecular weight is 477 g/mol. The van der Waals surface area contributed by atoms with Gasteiger partial charge in [-0.15, -0.1) is 6.58 Å². The molecule has 2 aromatic carbocycles. The van der Waals surface area contributed by atoms with Crippen molar-refractivity contribution in [3.63, 3.8) is 0 Å². The van der Waals surface area contributed by atoms with E-state index in [0.717, 1.165) is 45.3 Å². The van der Waals surface area contributed by atoms with E-state index in [2.05, 4.69) is 72.1 Å². The Balaban J connectivity index is 1.38. The lowest BCUT2D eigenvalue weighted by Crippen LogP contribution is -2.54. The Morgan fingerprint density at radius 1 is 1.00 bits per heavy atom. The highest BCUT2D eigenvalue weighted by Crippen LogP contribution is 2.43. The van der Waals surface area contributed by atoms with Gasteiger partial charge in [0.25, 0.3) is 0 Å². The van der Waals surface area contributed by atoms with Crippen LogP contribution in [0.1, 0.15) is 57.6 Å². The minimum Gasteiger partial charge on any atom is -0.444 e. The molecule has 2 aliphatic heterocycles. The van der Waals surface area contributed by atoms with E-state index in [-0.39, 0.29) is 18.2 Å². The third kappa shape index (κ3) is 6.74. The smallest absolute Gasteiger partial charge is 0.410 e. The van der Waals surface area contributed by atoms with Gasteiger partial charge in [0.05, 0.1) is 12.2 Å². The summed E-state index contributed by atoms with van der Waals surface area (Å²) < 4.78 is 12.3. The molecule has 0 saturated carbocycles. The van der Waals surface area contributed by atoms with Gasteiger partial charge < -0.3 is 14.4 Å². The topological polar surface area (TPSA) is 42.0 Å². The Hall–Kier alpha value is -2.63. The first-order valence-corrected chi connectivity index (χ1v) is 12.9. The highest BCUT2D eigenvalue weighted by molar-refractivity contribution is 5.69. The number of ether oxygens (including phenoxy) is 2. The van der Waals surface area contributed by atoms with E-state index in [1.165, 1.54) is 11.1 Å². The Kier molecular flexibility index (Phi) is 7.98. The summed E-state index contributed by atoms with van der Waals surface area (Å²) in [4.78, 5) is 17.3. The van der Waals surface area contributed by atoms with E-state index in [9.17, 15) is 4.79 Å². The van der Waals surface area contributed by atoms with E-state index >= 15 is 0 Å². The van der Waals surface area contributed by atoms with Crippen LogP contribution in [0.5, 0.6) is 0 Å². The minimum absolute atomic E-state index is 0.145. The van der Waals surface area contributed by atoms with E-state index < -0.39 is 11.2 Å². The number of amides is 1. The molecule has 1 amide bonds. The van der Waals surface area contributed by atoms with E-state index in [1.807, 2.05) is 31.7 Å². The first-order chi connectivity index (χ1) is 16.8. The van der Waals surface area contributed by atoms with Crippen LogP contribution < -0.4 is 0 Å². The lowest BCUT2D eigenvalue weighted by Gasteiger charge is -2.45. The number of fused-ring (bicyclic) bond motifs is 2. The van der Waals surface area contributed by atoms with Gasteiger partial charge in [-0.05, 0) is 44.7 Å². The molecule has 188 valence electrons. The molecule has 35 heavy (non-hydrogen) atoms. The Labute approximate surface area is 210 Å². The molecule has 0 radical (unpaired) electrons. The average Bonchev–Trinajstić information content (AvgIpc) is 3.11. The van der Waals surface area contributed by atoms with Crippen LogP contribution in [-0.4, -0.2) is 52.3 Å². The standard InChI is InChI=1S/C30H40N2O3/c1-5-30(20-26-16-17-27(21-30)32(26)28(33)35-29(2,3)4)34-19-18-31(22-24-12-8-6-9-13-24)23-25-14-10-7-11-15-25/h5-15,26-27H,1,16-23H2,2-4H3. The lowest BCUT2D eigenvalue weighted by molar-refractivity contribution is -0.0791. The monoisotopic (exact) mass is 476 g/mol. The van der Waals surface area contributed by atoms with Crippen LogP contribution in [0.2, 0.25) is 0 Å². The van der Waals surface area contributed by atoms with Crippen LogP contribution in [0.25, 0.3) is 0 Å². The van der Waals surface area contributed by atoms with Crippen molar-refractivity contribution in [3.8, 4) is 0 Å². The van der Waals surface area contributed by atoms with Crippen LogP contribution in [0.15, 0.2) is 73.3 Å². The van der Waals surface area contributed by atoms with Crippen molar-refractivity contribution in [1.29, 1.82) is 0 Å². The van der Waals surface area contributed by atoms with Crippen molar-refractivity contribution in [3.05, 3.63) is 84.4 Å². The SMILES string of the molecule is C=CC1(OCCN(Cc2ccccc2)Cc2ccccc2)CC2CCC(C1)N2C(=O)OC(C)(C)C. The lowest BCUT2D eigenvalue weighted by atomic mass is 9.86. The normalized spacial score (nSPS) is 23.9. The largest absolute Gasteiger partial charge is 0.444 e. The highest BCUT2D eigenvalue weighted by atomic mass is 16.6. The molecule has 0 N–H and O–H groups in total. The molecule has 0 aliphatic carbocycles. The maximum absolute atomic E-state index is 12.9. The van der Waals surface area contributed by atoms with Crippen LogP contribution in [0.4, 0.5) is 4.79 Å². The quantitative estimate of drug-likeness (QED) is 0.405. The van der Waals surface area contributed by atoms with E-state index in [1.54, 1.807) is 0 Å². The maximum atomic E-state index is 12.9. The number of rotatable bonds is 9. The van der Waals surface area contributed by atoms with Gasteiger partial charge >= 0.3 is 6.09 Å². The molecule has 2 bridgehead atoms. The van der Waals surface area contributed by atoms with Crippen molar-refractivity contribution in [1.82, 2.24) is 9.80 Å². The molecular formula is C30H40N2O3. The summed E-state index contributed by atoms with van der Waals surface area (Å²) in [5.41, 5.74) is 1.72. The van der Waals surface area contributed by atoms with Crippen LogP contribution in [-0.2, 0) is 22.6 Å². The first-order valence-electron chi connectivity index (χ1n) is 12.9. The van der Waals surface area contributed by atoms with Crippen molar-refractivity contribution >= 4 is 6.09 Å². The molecule has 2 aromatic rings. The molecule has 0 aromatic heterocycles.